The van der Waals surface area contributed by atoms with Crippen LogP contribution in [0.3, 0.4) is 0 Å². The Bertz CT molecular complexity index is 374. The zero-order valence-corrected chi connectivity index (χ0v) is 10.3. The molecule has 1 aromatic rings. The van der Waals surface area contributed by atoms with Crippen molar-refractivity contribution in [3.8, 4) is 0 Å². The van der Waals surface area contributed by atoms with Gasteiger partial charge in [0.25, 0.3) is 0 Å². The molecule has 80 valence electrons. The molecular formula is C12H15BrN2. The van der Waals surface area contributed by atoms with E-state index in [0.29, 0.717) is 6.04 Å². The fourth-order valence-corrected chi connectivity index (χ4v) is 2.88. The normalized spacial score (nSPS) is 25.3. The fraction of sp³-hybridized carbons (Fsp3) is 0.500. The van der Waals surface area contributed by atoms with Crippen LogP contribution in [0.2, 0.25) is 0 Å². The third-order valence-electron chi connectivity index (χ3n) is 3.44. The molecule has 15 heavy (non-hydrogen) atoms. The van der Waals surface area contributed by atoms with Crippen molar-refractivity contribution < 1.29 is 0 Å². The van der Waals surface area contributed by atoms with Crippen molar-refractivity contribution in [2.75, 3.05) is 25.0 Å². The summed E-state index contributed by atoms with van der Waals surface area (Å²) in [6.07, 6.45) is 2.61. The highest BCUT2D eigenvalue weighted by atomic mass is 79.9. The number of hydrogen-bond acceptors (Lipinski definition) is 2. The number of fused-ring (bicyclic) bond motifs is 1. The zero-order chi connectivity index (χ0) is 10.3. The zero-order valence-electron chi connectivity index (χ0n) is 8.67. The van der Waals surface area contributed by atoms with Gasteiger partial charge < -0.3 is 5.32 Å². The lowest BCUT2D eigenvalue weighted by Gasteiger charge is -2.41. The van der Waals surface area contributed by atoms with Crippen molar-refractivity contribution in [2.45, 2.75) is 18.9 Å². The van der Waals surface area contributed by atoms with Crippen molar-refractivity contribution >= 4 is 21.6 Å². The maximum absolute atomic E-state index is 3.56. The highest BCUT2D eigenvalue weighted by Gasteiger charge is 2.29. The average molecular weight is 267 g/mol. The summed E-state index contributed by atoms with van der Waals surface area (Å²) in [5.41, 5.74) is 2.79. The maximum atomic E-state index is 3.56. The fourth-order valence-electron chi connectivity index (χ4n) is 2.50. The molecule has 2 nitrogen and oxygen atoms in total. The Kier molecular flexibility index (Phi) is 2.45. The van der Waals surface area contributed by atoms with Crippen LogP contribution in [0.5, 0.6) is 0 Å². The molecule has 1 aromatic carbocycles. The van der Waals surface area contributed by atoms with Crippen LogP contribution in [-0.2, 0) is 0 Å². The topological polar surface area (TPSA) is 15.3 Å². The maximum Gasteiger partial charge on any atom is 0.0389 e. The first-order valence-electron chi connectivity index (χ1n) is 5.62. The van der Waals surface area contributed by atoms with Crippen LogP contribution in [-0.4, -0.2) is 24.5 Å². The summed E-state index contributed by atoms with van der Waals surface area (Å²) in [7, 11) is 0. The van der Waals surface area contributed by atoms with E-state index in [1.165, 1.54) is 41.7 Å². The molecular weight excluding hydrogens is 252 g/mol. The molecule has 1 N–H and O–H groups in total. The molecule has 2 heterocycles. The summed E-state index contributed by atoms with van der Waals surface area (Å²) < 4.78 is 1.19. The number of nitrogens with zero attached hydrogens (tertiary/aromatic N) is 1. The van der Waals surface area contributed by atoms with Crippen molar-refractivity contribution in [3.63, 3.8) is 0 Å². The largest absolute Gasteiger partial charge is 0.385 e. The Labute approximate surface area is 98.8 Å². The van der Waals surface area contributed by atoms with Crippen molar-refractivity contribution in [3.05, 3.63) is 28.2 Å². The van der Waals surface area contributed by atoms with Gasteiger partial charge in [0.15, 0.2) is 0 Å². The molecule has 3 rings (SSSR count). The summed E-state index contributed by atoms with van der Waals surface area (Å²) in [4.78, 5) is 2.59. The van der Waals surface area contributed by atoms with Gasteiger partial charge in [-0.3, -0.25) is 4.90 Å². The van der Waals surface area contributed by atoms with Crippen LogP contribution in [0.1, 0.15) is 24.4 Å². The van der Waals surface area contributed by atoms with Gasteiger partial charge in [0.2, 0.25) is 0 Å². The highest BCUT2D eigenvalue weighted by Crippen LogP contribution is 2.37. The number of benzene rings is 1. The van der Waals surface area contributed by atoms with E-state index in [-0.39, 0.29) is 0 Å². The Hall–Kier alpha value is -0.540. The highest BCUT2D eigenvalue weighted by molar-refractivity contribution is 9.10. The smallest absolute Gasteiger partial charge is 0.0389 e. The molecule has 2 aliphatic rings. The lowest BCUT2D eigenvalue weighted by molar-refractivity contribution is 0.112. The minimum absolute atomic E-state index is 0.646. The van der Waals surface area contributed by atoms with Crippen LogP contribution in [0.4, 0.5) is 5.69 Å². The van der Waals surface area contributed by atoms with Gasteiger partial charge in [0.1, 0.15) is 0 Å². The quantitative estimate of drug-likeness (QED) is 0.841. The predicted molar refractivity (Wildman–Crippen MR) is 66.2 cm³/mol. The van der Waals surface area contributed by atoms with E-state index >= 15 is 0 Å². The molecule has 0 aliphatic carbocycles. The van der Waals surface area contributed by atoms with Crippen LogP contribution in [0.15, 0.2) is 22.7 Å². The van der Waals surface area contributed by atoms with Gasteiger partial charge in [-0.05, 0) is 49.7 Å². The first-order valence-corrected chi connectivity index (χ1v) is 6.41. The lowest BCUT2D eigenvalue weighted by atomic mass is 9.94. The molecule has 1 saturated heterocycles. The number of likely N-dealkylation sites (tertiary alicyclic amines) is 1. The molecule has 2 aliphatic heterocycles. The number of halogens is 1. The third-order valence-corrected chi connectivity index (χ3v) is 3.93. The molecule has 0 spiro atoms. The van der Waals surface area contributed by atoms with E-state index in [9.17, 15) is 0 Å². The predicted octanol–water partition coefficient (Wildman–Crippen LogP) is 3.01. The third kappa shape index (κ3) is 1.68. The summed E-state index contributed by atoms with van der Waals surface area (Å²) in [6.45, 7) is 3.66. The van der Waals surface area contributed by atoms with Crippen LogP contribution in [0.25, 0.3) is 0 Å². The van der Waals surface area contributed by atoms with E-state index in [0.717, 1.165) is 6.54 Å². The van der Waals surface area contributed by atoms with Gasteiger partial charge in [0.05, 0.1) is 0 Å². The van der Waals surface area contributed by atoms with Gasteiger partial charge in [-0.15, -0.1) is 0 Å². The number of anilines is 1. The summed E-state index contributed by atoms with van der Waals surface area (Å²) >= 11 is 3.56. The number of nitrogens with one attached hydrogen (secondary N) is 1. The summed E-state index contributed by atoms with van der Waals surface area (Å²) in [6, 6.07) is 7.22. The molecule has 1 atom stereocenters. The second-order valence-electron chi connectivity index (χ2n) is 4.35. The van der Waals surface area contributed by atoms with E-state index in [4.69, 9.17) is 0 Å². The van der Waals surface area contributed by atoms with Crippen LogP contribution >= 0.6 is 15.9 Å². The van der Waals surface area contributed by atoms with Crippen molar-refractivity contribution in [1.82, 2.24) is 4.90 Å². The van der Waals surface area contributed by atoms with Gasteiger partial charge >= 0.3 is 0 Å². The minimum Gasteiger partial charge on any atom is -0.385 e. The minimum atomic E-state index is 0.646. The molecule has 0 aromatic heterocycles. The van der Waals surface area contributed by atoms with E-state index in [1.54, 1.807) is 0 Å². The SMILES string of the molecule is Brc1ccc2c(c1)C(N1CCC1)CCN2. The van der Waals surface area contributed by atoms with Crippen molar-refractivity contribution in [1.29, 1.82) is 0 Å². The standard InChI is InChI=1S/C12H15BrN2/c13-9-2-3-11-10(8-9)12(4-5-14-11)15-6-1-7-15/h2-3,8,12,14H,1,4-7H2. The van der Waals surface area contributed by atoms with E-state index < -0.39 is 0 Å². The molecule has 1 fully saturated rings. The molecule has 0 radical (unpaired) electrons. The molecule has 0 bridgehead atoms. The molecule has 3 heteroatoms. The Morgan fingerprint density at radius 1 is 1.33 bits per heavy atom. The van der Waals surface area contributed by atoms with Crippen molar-refractivity contribution in [2.24, 2.45) is 0 Å². The monoisotopic (exact) mass is 266 g/mol. The first kappa shape index (κ1) is 9.67. The van der Waals surface area contributed by atoms with E-state index in [2.05, 4.69) is 44.3 Å². The number of hydrogen-bond donors (Lipinski definition) is 1. The molecule has 0 amide bonds. The number of rotatable bonds is 1. The summed E-state index contributed by atoms with van der Waals surface area (Å²) in [5.74, 6) is 0. The average Bonchev–Trinajstić information content (AvgIpc) is 2.16. The Morgan fingerprint density at radius 3 is 2.93 bits per heavy atom. The second-order valence-corrected chi connectivity index (χ2v) is 5.27. The van der Waals surface area contributed by atoms with Gasteiger partial charge in [-0.25, -0.2) is 0 Å². The van der Waals surface area contributed by atoms with Crippen LogP contribution < -0.4 is 5.32 Å². The van der Waals surface area contributed by atoms with E-state index in [1.807, 2.05) is 0 Å². The first-order chi connectivity index (χ1) is 7.34. The Balaban J connectivity index is 1.96. The molecule has 0 saturated carbocycles. The molecule has 1 unspecified atom stereocenters. The summed E-state index contributed by atoms with van der Waals surface area (Å²) in [5, 5.41) is 3.48. The van der Waals surface area contributed by atoms with Gasteiger partial charge in [0, 0.05) is 22.7 Å². The van der Waals surface area contributed by atoms with Gasteiger partial charge in [-0.2, -0.15) is 0 Å². The lowest BCUT2D eigenvalue weighted by Crippen LogP contribution is -2.42. The van der Waals surface area contributed by atoms with Crippen LogP contribution in [0, 0.1) is 0 Å². The second kappa shape index (κ2) is 3.80. The Morgan fingerprint density at radius 2 is 2.20 bits per heavy atom. The van der Waals surface area contributed by atoms with Gasteiger partial charge in [-0.1, -0.05) is 15.9 Å².